The molecule has 1 amide bonds. The van der Waals surface area contributed by atoms with Gasteiger partial charge in [0.2, 0.25) is 0 Å². The minimum atomic E-state index is -1.00. The van der Waals surface area contributed by atoms with Gasteiger partial charge in [0.25, 0.3) is 11.7 Å². The highest BCUT2D eigenvalue weighted by Crippen LogP contribution is 2.45. The van der Waals surface area contributed by atoms with Crippen molar-refractivity contribution in [3.8, 4) is 23.3 Å². The van der Waals surface area contributed by atoms with E-state index >= 15 is 0 Å². The fourth-order valence-electron chi connectivity index (χ4n) is 4.11. The Morgan fingerprint density at radius 1 is 0.972 bits per heavy atom. The predicted octanol–water partition coefficient (Wildman–Crippen LogP) is 4.86. The molecule has 4 rings (SSSR count). The number of nitriles is 1. The smallest absolute Gasteiger partial charge is 0.300 e. The molecule has 8 nitrogen and oxygen atoms in total. The maximum atomic E-state index is 13.4. The summed E-state index contributed by atoms with van der Waals surface area (Å²) in [5.74, 6) is -1.24. The number of aliphatic hydroxyl groups is 1. The second-order valence-electron chi connectivity index (χ2n) is 7.79. The molecule has 0 radical (unpaired) electrons. The number of ether oxygens (including phenoxy) is 3. The Hall–Kier alpha value is -4.48. The first kappa shape index (κ1) is 24.6. The molecule has 0 spiro atoms. The molecular formula is C27H21ClN2O6. The molecular weight excluding hydrogens is 484 g/mol. The molecule has 1 saturated heterocycles. The fourth-order valence-corrected chi connectivity index (χ4v) is 4.34. The second kappa shape index (κ2) is 10.0. The van der Waals surface area contributed by atoms with Gasteiger partial charge in [0.05, 0.1) is 55.2 Å². The molecule has 0 bridgehead atoms. The maximum absolute atomic E-state index is 13.4. The number of halogens is 1. The molecule has 1 N–H and O–H groups in total. The van der Waals surface area contributed by atoms with Crippen LogP contribution in [0.15, 0.2) is 66.2 Å². The number of benzene rings is 3. The van der Waals surface area contributed by atoms with Gasteiger partial charge in [-0.25, -0.2) is 0 Å². The number of anilines is 1. The highest BCUT2D eigenvalue weighted by atomic mass is 35.5. The summed E-state index contributed by atoms with van der Waals surface area (Å²) in [6.45, 7) is 0. The number of ketones is 1. The van der Waals surface area contributed by atoms with Crippen molar-refractivity contribution in [2.75, 3.05) is 26.2 Å². The molecule has 1 aliphatic rings. The van der Waals surface area contributed by atoms with E-state index in [0.29, 0.717) is 22.6 Å². The van der Waals surface area contributed by atoms with Gasteiger partial charge < -0.3 is 19.3 Å². The van der Waals surface area contributed by atoms with Crippen molar-refractivity contribution < 1.29 is 28.9 Å². The molecule has 182 valence electrons. The molecule has 0 aromatic heterocycles. The van der Waals surface area contributed by atoms with Gasteiger partial charge in [-0.3, -0.25) is 14.5 Å². The SMILES string of the molecule is COc1cccc(C2/C(=C(\O)c3cc(OC)c(Cl)cc3OC)C(=O)C(=O)N2c2ccc(C#N)cc2)c1. The summed E-state index contributed by atoms with van der Waals surface area (Å²) in [5.41, 5.74) is 1.28. The number of Topliss-reactive ketones (excluding diaryl/α,β-unsaturated/α-hetero) is 1. The van der Waals surface area contributed by atoms with Crippen LogP contribution in [-0.4, -0.2) is 38.1 Å². The van der Waals surface area contributed by atoms with E-state index in [0.717, 1.165) is 0 Å². The third-order valence-electron chi connectivity index (χ3n) is 5.86. The molecule has 0 saturated carbocycles. The van der Waals surface area contributed by atoms with Crippen molar-refractivity contribution in [2.45, 2.75) is 6.04 Å². The summed E-state index contributed by atoms with van der Waals surface area (Å²) in [5, 5.41) is 20.9. The van der Waals surface area contributed by atoms with Gasteiger partial charge in [0.15, 0.2) is 0 Å². The van der Waals surface area contributed by atoms with Gasteiger partial charge in [-0.15, -0.1) is 0 Å². The van der Waals surface area contributed by atoms with Crippen molar-refractivity contribution in [2.24, 2.45) is 0 Å². The van der Waals surface area contributed by atoms with E-state index in [9.17, 15) is 14.7 Å². The first-order valence-corrected chi connectivity index (χ1v) is 11.1. The highest BCUT2D eigenvalue weighted by Gasteiger charge is 2.47. The lowest BCUT2D eigenvalue weighted by atomic mass is 9.94. The van der Waals surface area contributed by atoms with Crippen molar-refractivity contribution in [1.29, 1.82) is 5.26 Å². The van der Waals surface area contributed by atoms with Crippen LogP contribution < -0.4 is 19.1 Å². The molecule has 1 fully saturated rings. The van der Waals surface area contributed by atoms with Crippen LogP contribution >= 0.6 is 11.6 Å². The molecule has 3 aromatic rings. The summed E-state index contributed by atoms with van der Waals surface area (Å²) < 4.78 is 16.0. The van der Waals surface area contributed by atoms with Crippen molar-refractivity contribution in [1.82, 2.24) is 0 Å². The average Bonchev–Trinajstić information content (AvgIpc) is 3.18. The number of carbonyl (C=O) groups excluding carboxylic acids is 2. The third kappa shape index (κ3) is 4.21. The van der Waals surface area contributed by atoms with E-state index in [1.165, 1.54) is 38.4 Å². The van der Waals surface area contributed by atoms with Crippen LogP contribution in [0.4, 0.5) is 5.69 Å². The van der Waals surface area contributed by atoms with Gasteiger partial charge in [-0.1, -0.05) is 23.7 Å². The van der Waals surface area contributed by atoms with E-state index in [1.807, 2.05) is 6.07 Å². The molecule has 1 heterocycles. The third-order valence-corrected chi connectivity index (χ3v) is 6.15. The van der Waals surface area contributed by atoms with E-state index in [4.69, 9.17) is 31.1 Å². The van der Waals surface area contributed by atoms with E-state index in [1.54, 1.807) is 48.5 Å². The fraction of sp³-hybridized carbons (Fsp3) is 0.148. The summed E-state index contributed by atoms with van der Waals surface area (Å²) in [7, 11) is 4.31. The molecule has 36 heavy (non-hydrogen) atoms. The summed E-state index contributed by atoms with van der Waals surface area (Å²) in [6.07, 6.45) is 0. The van der Waals surface area contributed by atoms with Crippen LogP contribution in [-0.2, 0) is 9.59 Å². The second-order valence-corrected chi connectivity index (χ2v) is 8.20. The molecule has 1 atom stereocenters. The molecule has 0 aliphatic carbocycles. The van der Waals surface area contributed by atoms with Crippen LogP contribution in [0.2, 0.25) is 5.02 Å². The Morgan fingerprint density at radius 3 is 2.28 bits per heavy atom. The largest absolute Gasteiger partial charge is 0.507 e. The van der Waals surface area contributed by atoms with Gasteiger partial charge >= 0.3 is 0 Å². The summed E-state index contributed by atoms with van der Waals surface area (Å²) in [6, 6.07) is 17.0. The van der Waals surface area contributed by atoms with Crippen molar-refractivity contribution in [3.63, 3.8) is 0 Å². The lowest BCUT2D eigenvalue weighted by Gasteiger charge is -2.26. The number of aliphatic hydroxyl groups excluding tert-OH is 1. The molecule has 1 unspecified atom stereocenters. The first-order valence-electron chi connectivity index (χ1n) is 10.7. The molecule has 3 aromatic carbocycles. The van der Waals surface area contributed by atoms with Crippen molar-refractivity contribution >= 4 is 34.7 Å². The summed E-state index contributed by atoms with van der Waals surface area (Å²) in [4.78, 5) is 28.0. The number of rotatable bonds is 6. The highest BCUT2D eigenvalue weighted by molar-refractivity contribution is 6.51. The van der Waals surface area contributed by atoms with Crippen LogP contribution in [0.25, 0.3) is 5.76 Å². The predicted molar refractivity (Wildman–Crippen MR) is 133 cm³/mol. The van der Waals surface area contributed by atoms with Gasteiger partial charge in [0, 0.05) is 11.8 Å². The number of hydrogen-bond acceptors (Lipinski definition) is 7. The first-order chi connectivity index (χ1) is 17.3. The Kier molecular flexibility index (Phi) is 6.86. The maximum Gasteiger partial charge on any atom is 0.300 e. The number of hydrogen-bond donors (Lipinski definition) is 1. The number of carbonyl (C=O) groups is 2. The normalized spacial score (nSPS) is 16.5. The minimum Gasteiger partial charge on any atom is -0.507 e. The lowest BCUT2D eigenvalue weighted by molar-refractivity contribution is -0.132. The van der Waals surface area contributed by atoms with E-state index < -0.39 is 23.5 Å². The van der Waals surface area contributed by atoms with Crippen LogP contribution in [0.5, 0.6) is 17.2 Å². The van der Waals surface area contributed by atoms with Crippen molar-refractivity contribution in [3.05, 3.63) is 87.9 Å². The quantitative estimate of drug-likeness (QED) is 0.290. The zero-order valence-electron chi connectivity index (χ0n) is 19.6. The van der Waals surface area contributed by atoms with Gasteiger partial charge in [-0.05, 0) is 48.0 Å². The van der Waals surface area contributed by atoms with Crippen LogP contribution in [0, 0.1) is 11.3 Å². The Bertz CT molecular complexity index is 1430. The topological polar surface area (TPSA) is 109 Å². The van der Waals surface area contributed by atoms with Crippen LogP contribution in [0.3, 0.4) is 0 Å². The molecule has 9 heteroatoms. The number of nitrogens with zero attached hydrogens (tertiary/aromatic N) is 2. The Labute approximate surface area is 212 Å². The zero-order valence-corrected chi connectivity index (χ0v) is 20.4. The van der Waals surface area contributed by atoms with E-state index in [2.05, 4.69) is 0 Å². The average molecular weight is 505 g/mol. The Balaban J connectivity index is 2.00. The zero-order chi connectivity index (χ0) is 26.0. The monoisotopic (exact) mass is 504 g/mol. The van der Waals surface area contributed by atoms with Gasteiger partial charge in [0.1, 0.15) is 23.0 Å². The summed E-state index contributed by atoms with van der Waals surface area (Å²) >= 11 is 6.21. The van der Waals surface area contributed by atoms with E-state index in [-0.39, 0.29) is 27.7 Å². The van der Waals surface area contributed by atoms with Gasteiger partial charge in [-0.2, -0.15) is 5.26 Å². The lowest BCUT2D eigenvalue weighted by Crippen LogP contribution is -2.29. The number of amides is 1. The van der Waals surface area contributed by atoms with Crippen LogP contribution in [0.1, 0.15) is 22.7 Å². The molecule has 1 aliphatic heterocycles. The number of methoxy groups -OCH3 is 3. The minimum absolute atomic E-state index is 0.129. The standard InChI is InChI=1S/C27H21ClN2O6/c1-34-18-6-4-5-16(11-18)24-23(25(31)19-12-22(36-3)20(28)13-21(19)35-2)26(32)27(33)30(24)17-9-7-15(14-29)8-10-17/h4-13,24,31H,1-3H3/b25-23+. The Morgan fingerprint density at radius 2 is 1.67 bits per heavy atom.